The number of likely N-dealkylation sites (tertiary alicyclic amines) is 1. The molecule has 0 aliphatic carbocycles. The largest absolute Gasteiger partial charge is 0.361 e. The van der Waals surface area contributed by atoms with Gasteiger partial charge in [-0.25, -0.2) is 4.98 Å². The summed E-state index contributed by atoms with van der Waals surface area (Å²) in [6.45, 7) is 5.87. The maximum atomic E-state index is 5.30. The van der Waals surface area contributed by atoms with Crippen LogP contribution in [0.15, 0.2) is 34.9 Å². The van der Waals surface area contributed by atoms with Gasteiger partial charge >= 0.3 is 0 Å². The highest BCUT2D eigenvalue weighted by molar-refractivity contribution is 5.53. The van der Waals surface area contributed by atoms with E-state index in [0.717, 1.165) is 54.6 Å². The molecule has 4 rings (SSSR count). The summed E-state index contributed by atoms with van der Waals surface area (Å²) >= 11 is 0. The summed E-state index contributed by atoms with van der Waals surface area (Å²) in [5, 5.41) is 11.6. The number of nitrogens with zero attached hydrogens (tertiary/aromatic N) is 4. The van der Waals surface area contributed by atoms with Crippen LogP contribution in [0.2, 0.25) is 0 Å². The van der Waals surface area contributed by atoms with Gasteiger partial charge in [-0.1, -0.05) is 35.5 Å². The maximum absolute atomic E-state index is 5.30. The van der Waals surface area contributed by atoms with E-state index in [-0.39, 0.29) is 6.04 Å². The summed E-state index contributed by atoms with van der Waals surface area (Å²) in [5.41, 5.74) is 3.20. The molecule has 0 spiro atoms. The van der Waals surface area contributed by atoms with Crippen molar-refractivity contribution in [2.75, 3.05) is 6.54 Å². The molecule has 1 aliphatic heterocycles. The Balaban J connectivity index is 1.56. The number of nitrogens with one attached hydrogen (secondary N) is 1. The average Bonchev–Trinajstić information content (AvgIpc) is 3.32. The smallest absolute Gasteiger partial charge is 0.181 e. The molecule has 1 atom stereocenters. The van der Waals surface area contributed by atoms with Gasteiger partial charge in [0.25, 0.3) is 0 Å². The molecule has 1 aromatic carbocycles. The molecule has 0 saturated carbocycles. The van der Waals surface area contributed by atoms with E-state index in [9.17, 15) is 0 Å². The highest BCUT2D eigenvalue weighted by atomic mass is 16.5. The van der Waals surface area contributed by atoms with Gasteiger partial charge in [-0.2, -0.15) is 5.10 Å². The van der Waals surface area contributed by atoms with Gasteiger partial charge in [0.1, 0.15) is 11.6 Å². The third-order valence-electron chi connectivity index (χ3n) is 4.76. The minimum atomic E-state index is 0.267. The predicted molar refractivity (Wildman–Crippen MR) is 90.2 cm³/mol. The molecule has 3 aromatic rings. The van der Waals surface area contributed by atoms with Crippen LogP contribution in [-0.2, 0) is 6.54 Å². The molecule has 1 N–H and O–H groups in total. The second-order valence-corrected chi connectivity index (χ2v) is 6.34. The minimum absolute atomic E-state index is 0.267. The lowest BCUT2D eigenvalue weighted by atomic mass is 10.1. The normalized spacial score (nSPS) is 18.3. The highest BCUT2D eigenvalue weighted by Gasteiger charge is 2.30. The van der Waals surface area contributed by atoms with E-state index in [2.05, 4.69) is 20.3 Å². The van der Waals surface area contributed by atoms with E-state index in [1.165, 1.54) is 5.56 Å². The van der Waals surface area contributed by atoms with E-state index < -0.39 is 0 Å². The van der Waals surface area contributed by atoms with Crippen molar-refractivity contribution in [3.63, 3.8) is 0 Å². The molecule has 1 unspecified atom stereocenters. The van der Waals surface area contributed by atoms with Crippen LogP contribution < -0.4 is 0 Å². The average molecular weight is 323 g/mol. The first-order valence-electron chi connectivity index (χ1n) is 8.36. The lowest BCUT2D eigenvalue weighted by Crippen LogP contribution is -2.24. The monoisotopic (exact) mass is 323 g/mol. The van der Waals surface area contributed by atoms with Crippen molar-refractivity contribution in [2.45, 2.75) is 39.3 Å². The molecule has 6 nitrogen and oxygen atoms in total. The molecule has 3 heterocycles. The van der Waals surface area contributed by atoms with Crippen LogP contribution in [0.5, 0.6) is 0 Å². The fourth-order valence-electron chi connectivity index (χ4n) is 3.40. The van der Waals surface area contributed by atoms with Crippen molar-refractivity contribution in [3.8, 4) is 11.4 Å². The van der Waals surface area contributed by atoms with Gasteiger partial charge in [-0.3, -0.25) is 10.00 Å². The molecule has 1 saturated heterocycles. The first kappa shape index (κ1) is 15.1. The van der Waals surface area contributed by atoms with Crippen molar-refractivity contribution < 1.29 is 4.52 Å². The Kier molecular flexibility index (Phi) is 3.90. The van der Waals surface area contributed by atoms with Gasteiger partial charge in [0.15, 0.2) is 5.82 Å². The first-order valence-corrected chi connectivity index (χ1v) is 8.36. The first-order chi connectivity index (χ1) is 11.7. The molecule has 2 aromatic heterocycles. The molecule has 1 aliphatic rings. The van der Waals surface area contributed by atoms with E-state index in [1.807, 2.05) is 44.2 Å². The number of rotatable bonds is 4. The van der Waals surface area contributed by atoms with Crippen LogP contribution >= 0.6 is 0 Å². The Morgan fingerprint density at radius 3 is 2.83 bits per heavy atom. The van der Waals surface area contributed by atoms with Crippen molar-refractivity contribution in [1.29, 1.82) is 0 Å². The zero-order chi connectivity index (χ0) is 16.5. The zero-order valence-corrected chi connectivity index (χ0v) is 14.0. The third kappa shape index (κ3) is 2.73. The number of aryl methyl sites for hydroxylation is 2. The number of hydrogen-bond acceptors (Lipinski definition) is 5. The molecule has 0 amide bonds. The SMILES string of the molecule is Cc1noc(C)c1CN1CCCC1c1nc(-c2ccccc2)n[nH]1. The molecule has 0 bridgehead atoms. The molecule has 124 valence electrons. The van der Waals surface area contributed by atoms with Crippen LogP contribution in [0, 0.1) is 13.8 Å². The summed E-state index contributed by atoms with van der Waals surface area (Å²) < 4.78 is 5.30. The van der Waals surface area contributed by atoms with Crippen molar-refractivity contribution >= 4 is 0 Å². The highest BCUT2D eigenvalue weighted by Crippen LogP contribution is 2.33. The lowest BCUT2D eigenvalue weighted by Gasteiger charge is -2.22. The summed E-state index contributed by atoms with van der Waals surface area (Å²) in [6, 6.07) is 10.3. The summed E-state index contributed by atoms with van der Waals surface area (Å²) in [7, 11) is 0. The second-order valence-electron chi connectivity index (χ2n) is 6.34. The van der Waals surface area contributed by atoms with Crippen molar-refractivity contribution in [2.24, 2.45) is 0 Å². The van der Waals surface area contributed by atoms with Crippen LogP contribution in [0.25, 0.3) is 11.4 Å². The Bertz CT molecular complexity index is 804. The Morgan fingerprint density at radius 2 is 2.08 bits per heavy atom. The van der Waals surface area contributed by atoms with Gasteiger partial charge < -0.3 is 4.52 Å². The fraction of sp³-hybridized carbons (Fsp3) is 0.389. The van der Waals surface area contributed by atoms with Gasteiger partial charge in [0.05, 0.1) is 11.7 Å². The van der Waals surface area contributed by atoms with Crippen LogP contribution in [0.4, 0.5) is 0 Å². The Hall–Kier alpha value is -2.47. The summed E-state index contributed by atoms with van der Waals surface area (Å²) in [5.74, 6) is 2.61. The number of aromatic nitrogens is 4. The van der Waals surface area contributed by atoms with Gasteiger partial charge in [0.2, 0.25) is 0 Å². The quantitative estimate of drug-likeness (QED) is 0.796. The van der Waals surface area contributed by atoms with E-state index in [4.69, 9.17) is 9.51 Å². The third-order valence-corrected chi connectivity index (χ3v) is 4.76. The van der Waals surface area contributed by atoms with Gasteiger partial charge in [0, 0.05) is 17.7 Å². The molecule has 24 heavy (non-hydrogen) atoms. The summed E-state index contributed by atoms with van der Waals surface area (Å²) in [6.07, 6.45) is 2.25. The number of hydrogen-bond donors (Lipinski definition) is 1. The van der Waals surface area contributed by atoms with Crippen molar-refractivity contribution in [3.05, 3.63) is 53.2 Å². The van der Waals surface area contributed by atoms with Crippen LogP contribution in [-0.4, -0.2) is 31.8 Å². The zero-order valence-electron chi connectivity index (χ0n) is 14.0. The molecular weight excluding hydrogens is 302 g/mol. The Labute approximate surface area is 140 Å². The lowest BCUT2D eigenvalue weighted by molar-refractivity contribution is 0.238. The maximum Gasteiger partial charge on any atom is 0.181 e. The van der Waals surface area contributed by atoms with E-state index >= 15 is 0 Å². The number of benzene rings is 1. The van der Waals surface area contributed by atoms with Gasteiger partial charge in [-0.05, 0) is 33.2 Å². The van der Waals surface area contributed by atoms with Gasteiger partial charge in [-0.15, -0.1) is 0 Å². The number of aromatic amines is 1. The molecule has 1 fully saturated rings. The van der Waals surface area contributed by atoms with Crippen LogP contribution in [0.3, 0.4) is 0 Å². The fourth-order valence-corrected chi connectivity index (χ4v) is 3.40. The summed E-state index contributed by atoms with van der Waals surface area (Å²) in [4.78, 5) is 7.17. The van der Waals surface area contributed by atoms with E-state index in [0.29, 0.717) is 0 Å². The van der Waals surface area contributed by atoms with Crippen LogP contribution in [0.1, 0.15) is 41.7 Å². The molecule has 6 heteroatoms. The standard InChI is InChI=1S/C18H21N5O/c1-12-15(13(2)24-22-12)11-23-10-6-9-16(23)18-19-17(20-21-18)14-7-4-3-5-8-14/h3-5,7-8,16H,6,9-11H2,1-2H3,(H,19,20,21). The van der Waals surface area contributed by atoms with Crippen molar-refractivity contribution in [1.82, 2.24) is 25.2 Å². The second kappa shape index (κ2) is 6.20. The topological polar surface area (TPSA) is 70.8 Å². The Morgan fingerprint density at radius 1 is 1.25 bits per heavy atom. The minimum Gasteiger partial charge on any atom is -0.361 e. The number of H-pyrrole nitrogens is 1. The predicted octanol–water partition coefficient (Wildman–Crippen LogP) is 3.41. The van der Waals surface area contributed by atoms with E-state index in [1.54, 1.807) is 0 Å². The molecule has 0 radical (unpaired) electrons. The molecular formula is C18H21N5O.